The third-order valence-corrected chi connectivity index (χ3v) is 3.27. The first-order chi connectivity index (χ1) is 9.83. The molecule has 0 saturated heterocycles. The Balaban J connectivity index is 2.02. The number of nitrogens with one attached hydrogen (secondary N) is 1. The van der Waals surface area contributed by atoms with E-state index >= 15 is 0 Å². The molecular weight excluding hydrogens is 252 g/mol. The van der Waals surface area contributed by atoms with Gasteiger partial charge in [-0.2, -0.15) is 0 Å². The molecule has 0 fully saturated rings. The Labute approximate surface area is 113 Å². The second kappa shape index (κ2) is 4.03. The maximum absolute atomic E-state index is 12.5. The van der Waals surface area contributed by atoms with Crippen molar-refractivity contribution < 1.29 is 0 Å². The van der Waals surface area contributed by atoms with Gasteiger partial charge in [0.15, 0.2) is 0 Å². The van der Waals surface area contributed by atoms with Crippen molar-refractivity contribution in [1.82, 2.24) is 19.5 Å². The van der Waals surface area contributed by atoms with E-state index < -0.39 is 0 Å². The van der Waals surface area contributed by atoms with E-state index in [2.05, 4.69) is 15.0 Å². The second-order valence-electron chi connectivity index (χ2n) is 4.51. The Hall–Kier alpha value is -2.95. The van der Waals surface area contributed by atoms with Crippen LogP contribution < -0.4 is 5.56 Å². The molecule has 96 valence electrons. The molecule has 0 unspecified atom stereocenters. The lowest BCUT2D eigenvalue weighted by atomic mass is 10.2. The van der Waals surface area contributed by atoms with Crippen LogP contribution >= 0.6 is 0 Å². The van der Waals surface area contributed by atoms with Gasteiger partial charge >= 0.3 is 0 Å². The zero-order valence-electron chi connectivity index (χ0n) is 10.4. The highest BCUT2D eigenvalue weighted by Gasteiger charge is 2.08. The number of para-hydroxylation sites is 3. The molecule has 0 atom stereocenters. The van der Waals surface area contributed by atoms with Crippen LogP contribution in [0, 0.1) is 0 Å². The molecule has 4 aromatic rings. The van der Waals surface area contributed by atoms with Crippen LogP contribution in [0.15, 0.2) is 59.7 Å². The number of fused-ring (bicyclic) bond motifs is 2. The highest BCUT2D eigenvalue weighted by atomic mass is 16.1. The first-order valence-electron chi connectivity index (χ1n) is 6.24. The standard InChI is InChI=1S/C15H10N4O/c20-14-10-5-1-2-6-11(10)16-9-19(14)15-17-12-7-3-4-8-13(12)18-15/h1-9H,(H,17,18). The molecule has 0 bridgehead atoms. The molecule has 5 heteroatoms. The molecule has 0 radical (unpaired) electrons. The molecule has 2 aromatic heterocycles. The van der Waals surface area contributed by atoms with Crippen molar-refractivity contribution in [2.45, 2.75) is 0 Å². The van der Waals surface area contributed by atoms with E-state index in [4.69, 9.17) is 0 Å². The van der Waals surface area contributed by atoms with Gasteiger partial charge in [-0.15, -0.1) is 0 Å². The lowest BCUT2D eigenvalue weighted by Gasteiger charge is -2.02. The minimum atomic E-state index is -0.130. The Morgan fingerprint density at radius 2 is 1.70 bits per heavy atom. The van der Waals surface area contributed by atoms with Gasteiger partial charge in [-0.3, -0.25) is 4.79 Å². The smallest absolute Gasteiger partial charge is 0.268 e. The summed E-state index contributed by atoms with van der Waals surface area (Å²) in [6.45, 7) is 0. The highest BCUT2D eigenvalue weighted by molar-refractivity contribution is 5.78. The largest absolute Gasteiger partial charge is 0.323 e. The van der Waals surface area contributed by atoms with Crippen molar-refractivity contribution in [3.63, 3.8) is 0 Å². The molecular formula is C15H10N4O. The highest BCUT2D eigenvalue weighted by Crippen LogP contribution is 2.13. The Morgan fingerprint density at radius 3 is 2.55 bits per heavy atom. The lowest BCUT2D eigenvalue weighted by Crippen LogP contribution is -2.19. The van der Waals surface area contributed by atoms with Crippen LogP contribution in [0.4, 0.5) is 0 Å². The van der Waals surface area contributed by atoms with Gasteiger partial charge < -0.3 is 4.98 Å². The zero-order valence-corrected chi connectivity index (χ0v) is 10.4. The van der Waals surface area contributed by atoms with Crippen molar-refractivity contribution in [2.24, 2.45) is 0 Å². The number of H-pyrrole nitrogens is 1. The normalized spacial score (nSPS) is 11.2. The van der Waals surface area contributed by atoms with Crippen molar-refractivity contribution >= 4 is 21.9 Å². The Bertz CT molecular complexity index is 951. The summed E-state index contributed by atoms with van der Waals surface area (Å²) in [6.07, 6.45) is 1.50. The summed E-state index contributed by atoms with van der Waals surface area (Å²) < 4.78 is 1.43. The second-order valence-corrected chi connectivity index (χ2v) is 4.51. The van der Waals surface area contributed by atoms with Gasteiger partial charge in [-0.1, -0.05) is 24.3 Å². The number of aromatic nitrogens is 4. The summed E-state index contributed by atoms with van der Waals surface area (Å²) in [5.74, 6) is 0.481. The number of hydrogen-bond donors (Lipinski definition) is 1. The first-order valence-corrected chi connectivity index (χ1v) is 6.24. The molecule has 0 aliphatic carbocycles. The van der Waals surface area contributed by atoms with Crippen LogP contribution in [0.2, 0.25) is 0 Å². The summed E-state index contributed by atoms with van der Waals surface area (Å²) in [5, 5.41) is 0.579. The summed E-state index contributed by atoms with van der Waals surface area (Å²) in [4.78, 5) is 24.3. The Kier molecular flexibility index (Phi) is 2.20. The summed E-state index contributed by atoms with van der Waals surface area (Å²) in [6, 6.07) is 14.9. The van der Waals surface area contributed by atoms with Crippen LogP contribution in [0.5, 0.6) is 0 Å². The molecule has 0 spiro atoms. The van der Waals surface area contributed by atoms with Crippen molar-refractivity contribution in [3.8, 4) is 5.95 Å². The van der Waals surface area contributed by atoms with E-state index in [1.807, 2.05) is 42.5 Å². The van der Waals surface area contributed by atoms with Gasteiger partial charge in [0.25, 0.3) is 5.56 Å². The molecule has 0 saturated carbocycles. The number of rotatable bonds is 1. The van der Waals surface area contributed by atoms with Gasteiger partial charge in [-0.25, -0.2) is 14.5 Å². The molecule has 0 amide bonds. The fourth-order valence-electron chi connectivity index (χ4n) is 2.27. The molecule has 2 heterocycles. The number of nitrogens with zero attached hydrogens (tertiary/aromatic N) is 3. The molecule has 0 aliphatic rings. The average molecular weight is 262 g/mol. The predicted octanol–water partition coefficient (Wildman–Crippen LogP) is 2.26. The van der Waals surface area contributed by atoms with Crippen molar-refractivity contribution in [3.05, 3.63) is 65.2 Å². The van der Waals surface area contributed by atoms with Crippen molar-refractivity contribution in [1.29, 1.82) is 0 Å². The number of hydrogen-bond acceptors (Lipinski definition) is 3. The average Bonchev–Trinajstić information content (AvgIpc) is 2.91. The molecule has 1 N–H and O–H groups in total. The Morgan fingerprint density at radius 1 is 0.950 bits per heavy atom. The summed E-state index contributed by atoms with van der Waals surface area (Å²) in [5.41, 5.74) is 2.27. The van der Waals surface area contributed by atoms with Gasteiger partial charge in [0.1, 0.15) is 6.33 Å². The van der Waals surface area contributed by atoms with E-state index in [1.54, 1.807) is 6.07 Å². The van der Waals surface area contributed by atoms with E-state index in [1.165, 1.54) is 10.9 Å². The number of aromatic amines is 1. The summed E-state index contributed by atoms with van der Waals surface area (Å²) in [7, 11) is 0. The van der Waals surface area contributed by atoms with E-state index in [0.717, 1.165) is 11.0 Å². The minimum Gasteiger partial charge on any atom is -0.323 e. The van der Waals surface area contributed by atoms with Gasteiger partial charge in [0, 0.05) is 0 Å². The minimum absolute atomic E-state index is 0.130. The molecule has 2 aromatic carbocycles. The molecule has 0 aliphatic heterocycles. The van der Waals surface area contributed by atoms with Gasteiger partial charge in [0.05, 0.1) is 21.9 Å². The summed E-state index contributed by atoms with van der Waals surface area (Å²) >= 11 is 0. The molecule has 5 nitrogen and oxygen atoms in total. The number of imidazole rings is 1. The van der Waals surface area contributed by atoms with Crippen LogP contribution in [0.25, 0.3) is 27.9 Å². The van der Waals surface area contributed by atoms with E-state index in [-0.39, 0.29) is 5.56 Å². The van der Waals surface area contributed by atoms with Crippen molar-refractivity contribution in [2.75, 3.05) is 0 Å². The monoisotopic (exact) mass is 262 g/mol. The number of benzene rings is 2. The third kappa shape index (κ3) is 1.53. The van der Waals surface area contributed by atoms with Crippen LogP contribution in [0.3, 0.4) is 0 Å². The lowest BCUT2D eigenvalue weighted by molar-refractivity contribution is 0.900. The molecule has 4 rings (SSSR count). The van der Waals surface area contributed by atoms with Gasteiger partial charge in [-0.05, 0) is 24.3 Å². The first kappa shape index (κ1) is 10.9. The zero-order chi connectivity index (χ0) is 13.5. The third-order valence-electron chi connectivity index (χ3n) is 3.27. The molecule has 20 heavy (non-hydrogen) atoms. The quantitative estimate of drug-likeness (QED) is 0.572. The fourth-order valence-corrected chi connectivity index (χ4v) is 2.27. The van der Waals surface area contributed by atoms with Crippen LogP contribution in [-0.4, -0.2) is 19.5 Å². The SMILES string of the molecule is O=c1c2ccccc2ncn1-c1nc2ccccc2[nH]1. The van der Waals surface area contributed by atoms with E-state index in [9.17, 15) is 4.79 Å². The predicted molar refractivity (Wildman–Crippen MR) is 77.0 cm³/mol. The maximum Gasteiger partial charge on any atom is 0.268 e. The van der Waals surface area contributed by atoms with Crippen LogP contribution in [0.1, 0.15) is 0 Å². The van der Waals surface area contributed by atoms with E-state index in [0.29, 0.717) is 16.9 Å². The van der Waals surface area contributed by atoms with Crippen LogP contribution in [-0.2, 0) is 0 Å². The topological polar surface area (TPSA) is 63.6 Å². The maximum atomic E-state index is 12.5. The van der Waals surface area contributed by atoms with Gasteiger partial charge in [0.2, 0.25) is 5.95 Å². The fraction of sp³-hybridized carbons (Fsp3) is 0.